The molecule has 0 aliphatic rings. The zero-order chi connectivity index (χ0) is 24.0. The number of nitrogens with one attached hydrogen (secondary N) is 1. The van der Waals surface area contributed by atoms with Crippen LogP contribution in [0.25, 0.3) is 0 Å². The van der Waals surface area contributed by atoms with Gasteiger partial charge in [0.25, 0.3) is 10.0 Å². The first-order valence-electron chi connectivity index (χ1n) is 10.2. The number of aryl methyl sites for hydroxylation is 1. The normalized spacial score (nSPS) is 11.0. The van der Waals surface area contributed by atoms with Crippen LogP contribution in [0, 0.1) is 6.92 Å². The number of methoxy groups -OCH3 is 1. The Kier molecular flexibility index (Phi) is 7.84. The standard InChI is InChI=1S/C24H25ClN2O5S/c1-4-32-20-10-12-21(13-11-20)33(29,30)27(19-8-5-17(2)6-9-19)16-24(28)26-22-15-18(25)7-14-23(22)31-3/h5-15H,4,16H2,1-3H3,(H,26,28). The zero-order valence-corrected chi connectivity index (χ0v) is 20.1. The molecule has 9 heteroatoms. The van der Waals surface area contributed by atoms with Gasteiger partial charge in [0.15, 0.2) is 0 Å². The van der Waals surface area contributed by atoms with Crippen molar-refractivity contribution in [2.24, 2.45) is 0 Å². The Morgan fingerprint density at radius 1 is 1.03 bits per heavy atom. The summed E-state index contributed by atoms with van der Waals surface area (Å²) in [6, 6.07) is 17.8. The van der Waals surface area contributed by atoms with Crippen LogP contribution in [0.4, 0.5) is 11.4 Å². The van der Waals surface area contributed by atoms with E-state index in [4.69, 9.17) is 21.1 Å². The van der Waals surface area contributed by atoms with E-state index < -0.39 is 22.5 Å². The lowest BCUT2D eigenvalue weighted by atomic mass is 10.2. The molecule has 3 aromatic carbocycles. The lowest BCUT2D eigenvalue weighted by Gasteiger charge is -2.24. The molecule has 0 heterocycles. The molecule has 33 heavy (non-hydrogen) atoms. The van der Waals surface area contributed by atoms with E-state index in [0.717, 1.165) is 9.87 Å². The molecule has 0 saturated heterocycles. The number of anilines is 2. The van der Waals surface area contributed by atoms with Gasteiger partial charge in [-0.1, -0.05) is 29.3 Å². The fourth-order valence-corrected chi connectivity index (χ4v) is 4.72. The number of hydrogen-bond donors (Lipinski definition) is 1. The number of nitrogens with zero attached hydrogens (tertiary/aromatic N) is 1. The van der Waals surface area contributed by atoms with Crippen LogP contribution < -0.4 is 19.1 Å². The van der Waals surface area contributed by atoms with Crippen LogP contribution in [0.5, 0.6) is 11.5 Å². The minimum absolute atomic E-state index is 0.0414. The molecular formula is C24H25ClN2O5S. The van der Waals surface area contributed by atoms with E-state index in [0.29, 0.717) is 34.5 Å². The number of hydrogen-bond acceptors (Lipinski definition) is 5. The number of amides is 1. The van der Waals surface area contributed by atoms with Crippen molar-refractivity contribution in [1.29, 1.82) is 0 Å². The number of sulfonamides is 1. The smallest absolute Gasteiger partial charge is 0.264 e. The molecule has 0 bridgehead atoms. The Balaban J connectivity index is 1.94. The quantitative estimate of drug-likeness (QED) is 0.463. The summed E-state index contributed by atoms with van der Waals surface area (Å²) in [7, 11) is -2.58. The van der Waals surface area contributed by atoms with Crippen molar-refractivity contribution in [3.63, 3.8) is 0 Å². The molecule has 0 atom stereocenters. The first kappa shape index (κ1) is 24.4. The third-order valence-corrected chi connectivity index (χ3v) is 6.79. The van der Waals surface area contributed by atoms with Gasteiger partial charge in [0.2, 0.25) is 5.91 Å². The van der Waals surface area contributed by atoms with E-state index in [9.17, 15) is 13.2 Å². The van der Waals surface area contributed by atoms with Gasteiger partial charge in [0, 0.05) is 5.02 Å². The molecule has 0 aromatic heterocycles. The van der Waals surface area contributed by atoms with Crippen molar-refractivity contribution in [2.75, 3.05) is 29.9 Å². The topological polar surface area (TPSA) is 84.9 Å². The van der Waals surface area contributed by atoms with Gasteiger partial charge in [-0.25, -0.2) is 8.42 Å². The Bertz CT molecular complexity index is 1210. The van der Waals surface area contributed by atoms with Gasteiger partial charge in [-0.3, -0.25) is 9.10 Å². The highest BCUT2D eigenvalue weighted by molar-refractivity contribution is 7.92. The van der Waals surface area contributed by atoms with E-state index in [1.165, 1.54) is 25.3 Å². The monoisotopic (exact) mass is 488 g/mol. The Hall–Kier alpha value is -3.23. The molecule has 3 rings (SSSR count). The molecule has 0 spiro atoms. The fraction of sp³-hybridized carbons (Fsp3) is 0.208. The largest absolute Gasteiger partial charge is 0.495 e. The summed E-state index contributed by atoms with van der Waals surface area (Å²) in [5, 5.41) is 3.09. The number of carbonyl (C=O) groups is 1. The van der Waals surface area contributed by atoms with Crippen LogP contribution in [-0.2, 0) is 14.8 Å². The minimum atomic E-state index is -4.05. The third kappa shape index (κ3) is 5.97. The molecule has 3 aromatic rings. The van der Waals surface area contributed by atoms with E-state index >= 15 is 0 Å². The van der Waals surface area contributed by atoms with E-state index in [2.05, 4.69) is 5.32 Å². The summed E-state index contributed by atoms with van der Waals surface area (Å²) >= 11 is 6.04. The summed E-state index contributed by atoms with van der Waals surface area (Å²) in [6.45, 7) is 3.76. The van der Waals surface area contributed by atoms with Crippen LogP contribution in [-0.4, -0.2) is 34.6 Å². The van der Waals surface area contributed by atoms with Crippen LogP contribution in [0.15, 0.2) is 71.6 Å². The summed E-state index contributed by atoms with van der Waals surface area (Å²) < 4.78 is 38.7. The first-order chi connectivity index (χ1) is 15.7. The van der Waals surface area contributed by atoms with Crippen molar-refractivity contribution >= 4 is 38.9 Å². The predicted molar refractivity (Wildman–Crippen MR) is 130 cm³/mol. The van der Waals surface area contributed by atoms with E-state index in [1.807, 2.05) is 13.8 Å². The van der Waals surface area contributed by atoms with Gasteiger partial charge in [0.05, 0.1) is 30.0 Å². The van der Waals surface area contributed by atoms with Crippen LogP contribution in [0.3, 0.4) is 0 Å². The molecular weight excluding hydrogens is 464 g/mol. The summed E-state index contributed by atoms with van der Waals surface area (Å²) in [5.41, 5.74) is 1.67. The SMILES string of the molecule is CCOc1ccc(S(=O)(=O)N(CC(=O)Nc2cc(Cl)ccc2OC)c2ccc(C)cc2)cc1. The van der Waals surface area contributed by atoms with Gasteiger partial charge in [-0.05, 0) is 68.4 Å². The lowest BCUT2D eigenvalue weighted by molar-refractivity contribution is -0.114. The number of halogens is 1. The molecule has 0 aliphatic carbocycles. The van der Waals surface area contributed by atoms with Crippen LogP contribution in [0.2, 0.25) is 5.02 Å². The molecule has 0 unspecified atom stereocenters. The maximum atomic E-state index is 13.5. The second-order valence-corrected chi connectivity index (χ2v) is 9.44. The average molecular weight is 489 g/mol. The highest BCUT2D eigenvalue weighted by atomic mass is 35.5. The Morgan fingerprint density at radius 2 is 1.70 bits per heavy atom. The second-order valence-electron chi connectivity index (χ2n) is 7.14. The third-order valence-electron chi connectivity index (χ3n) is 4.77. The zero-order valence-electron chi connectivity index (χ0n) is 18.5. The summed E-state index contributed by atoms with van der Waals surface area (Å²) in [4.78, 5) is 13.0. The van der Waals surface area contributed by atoms with Crippen molar-refractivity contribution in [3.05, 3.63) is 77.3 Å². The molecule has 174 valence electrons. The second kappa shape index (κ2) is 10.6. The predicted octanol–water partition coefficient (Wildman–Crippen LogP) is 4.89. The maximum absolute atomic E-state index is 13.5. The molecule has 0 radical (unpaired) electrons. The fourth-order valence-electron chi connectivity index (χ4n) is 3.13. The number of benzene rings is 3. The molecule has 1 amide bonds. The average Bonchev–Trinajstić information content (AvgIpc) is 2.79. The number of carbonyl (C=O) groups excluding carboxylic acids is 1. The van der Waals surface area contributed by atoms with E-state index in [1.54, 1.807) is 48.5 Å². The minimum Gasteiger partial charge on any atom is -0.495 e. The van der Waals surface area contributed by atoms with Crippen molar-refractivity contribution in [1.82, 2.24) is 0 Å². The van der Waals surface area contributed by atoms with E-state index in [-0.39, 0.29) is 4.90 Å². The summed E-state index contributed by atoms with van der Waals surface area (Å²) in [5.74, 6) is 0.416. The van der Waals surface area contributed by atoms with Gasteiger partial charge in [-0.15, -0.1) is 0 Å². The van der Waals surface area contributed by atoms with Gasteiger partial charge >= 0.3 is 0 Å². The summed E-state index contributed by atoms with van der Waals surface area (Å²) in [6.07, 6.45) is 0. The lowest BCUT2D eigenvalue weighted by Crippen LogP contribution is -2.38. The number of ether oxygens (including phenoxy) is 2. The van der Waals surface area contributed by atoms with Gasteiger partial charge in [-0.2, -0.15) is 0 Å². The van der Waals surface area contributed by atoms with Gasteiger partial charge < -0.3 is 14.8 Å². The van der Waals surface area contributed by atoms with Crippen LogP contribution >= 0.6 is 11.6 Å². The van der Waals surface area contributed by atoms with Crippen molar-refractivity contribution < 1.29 is 22.7 Å². The van der Waals surface area contributed by atoms with Crippen LogP contribution in [0.1, 0.15) is 12.5 Å². The van der Waals surface area contributed by atoms with Crippen molar-refractivity contribution in [3.8, 4) is 11.5 Å². The first-order valence-corrected chi connectivity index (χ1v) is 12.0. The molecule has 0 aliphatic heterocycles. The molecule has 7 nitrogen and oxygen atoms in total. The maximum Gasteiger partial charge on any atom is 0.264 e. The van der Waals surface area contributed by atoms with Crippen molar-refractivity contribution in [2.45, 2.75) is 18.7 Å². The Morgan fingerprint density at radius 3 is 2.30 bits per heavy atom. The highest BCUT2D eigenvalue weighted by Crippen LogP contribution is 2.29. The molecule has 0 saturated carbocycles. The number of rotatable bonds is 9. The molecule has 0 fully saturated rings. The van der Waals surface area contributed by atoms with Gasteiger partial charge in [0.1, 0.15) is 18.0 Å². The highest BCUT2D eigenvalue weighted by Gasteiger charge is 2.27. The Labute approximate surface area is 198 Å². The molecule has 1 N–H and O–H groups in total.